The number of allylic oxidation sites excluding steroid dienone is 1. The van der Waals surface area contributed by atoms with E-state index in [1.807, 2.05) is 6.92 Å². The van der Waals surface area contributed by atoms with Crippen LogP contribution in [0.4, 0.5) is 5.82 Å². The fraction of sp³-hybridized carbons (Fsp3) is 0.562. The van der Waals surface area contributed by atoms with Crippen molar-refractivity contribution in [3.8, 4) is 5.75 Å². The lowest BCUT2D eigenvalue weighted by Gasteiger charge is -2.43. The van der Waals surface area contributed by atoms with E-state index in [4.69, 9.17) is 9.41 Å². The Labute approximate surface area is 256 Å². The highest BCUT2D eigenvalue weighted by Gasteiger charge is 2.48. The molecular weight excluding hydrogens is 562 g/mol. The second-order valence-corrected chi connectivity index (χ2v) is 17.7. The molecule has 234 valence electrons. The molecule has 0 fully saturated rings. The molecule has 43 heavy (non-hydrogen) atoms. The van der Waals surface area contributed by atoms with Gasteiger partial charge in [0.15, 0.2) is 17.7 Å². The van der Waals surface area contributed by atoms with Crippen LogP contribution in [0.3, 0.4) is 0 Å². The average molecular weight is 610 g/mol. The number of hydrogen-bond donors (Lipinski definition) is 0. The second-order valence-electron chi connectivity index (χ2n) is 12.4. The van der Waals surface area contributed by atoms with Crippen molar-refractivity contribution in [1.29, 1.82) is 0 Å². The van der Waals surface area contributed by atoms with Gasteiger partial charge in [0, 0.05) is 39.4 Å². The van der Waals surface area contributed by atoms with E-state index in [2.05, 4.69) is 58.7 Å². The number of fused-ring (bicyclic) bond motifs is 1. The zero-order valence-electron chi connectivity index (χ0n) is 27.3. The summed E-state index contributed by atoms with van der Waals surface area (Å²) in [7, 11) is 1.71. The molecule has 0 aromatic carbocycles. The molecule has 0 saturated carbocycles. The molecule has 0 radical (unpaired) electrons. The molecule has 1 unspecified atom stereocenters. The smallest absolute Gasteiger partial charge is 0.317 e. The van der Waals surface area contributed by atoms with Crippen LogP contribution < -0.4 is 9.33 Å². The van der Waals surface area contributed by atoms with Gasteiger partial charge in [-0.25, -0.2) is 4.98 Å². The van der Waals surface area contributed by atoms with Gasteiger partial charge in [-0.1, -0.05) is 53.7 Å². The molecule has 0 aliphatic heterocycles. The van der Waals surface area contributed by atoms with Crippen molar-refractivity contribution in [3.05, 3.63) is 35.7 Å². The van der Waals surface area contributed by atoms with Crippen molar-refractivity contribution in [2.45, 2.75) is 90.4 Å². The third kappa shape index (κ3) is 6.36. The maximum Gasteiger partial charge on any atom is 0.317 e. The van der Waals surface area contributed by atoms with E-state index < -0.39 is 20.1 Å². The number of carbonyl (C=O) groups is 4. The first-order chi connectivity index (χ1) is 20.2. The summed E-state index contributed by atoms with van der Waals surface area (Å²) in [6.07, 6.45) is 9.04. The molecule has 3 amide bonds. The summed E-state index contributed by atoms with van der Waals surface area (Å²) in [5, 5.41) is 0.256. The van der Waals surface area contributed by atoms with Crippen LogP contribution in [0.2, 0.25) is 16.6 Å². The first-order valence-electron chi connectivity index (χ1n) is 15.2. The number of likely N-dealkylation sites (N-methyl/N-ethyl adjacent to an activating group) is 3. The first kappa shape index (κ1) is 33.9. The van der Waals surface area contributed by atoms with E-state index in [1.165, 1.54) is 38.3 Å². The number of carbonyl (C=O) groups excluding carboxylic acids is 4. The Kier molecular flexibility index (Phi) is 10.9. The molecule has 0 saturated heterocycles. The fourth-order valence-electron chi connectivity index (χ4n) is 6.47. The SMILES string of the molecule is CCN(C(=O)c1nc(N(C)C(=O)C(=O)N(C)C)c2c(C=O)ccnc2c1O[Si](C(C)C)(C(C)C)C(C)C)C1C=CCCC1. The van der Waals surface area contributed by atoms with Gasteiger partial charge in [-0.2, -0.15) is 0 Å². The van der Waals surface area contributed by atoms with E-state index in [-0.39, 0.29) is 62.3 Å². The molecule has 0 spiro atoms. The zero-order valence-corrected chi connectivity index (χ0v) is 28.3. The van der Waals surface area contributed by atoms with Crippen LogP contribution >= 0.6 is 0 Å². The number of amides is 3. The Morgan fingerprint density at radius 1 is 1.05 bits per heavy atom. The van der Waals surface area contributed by atoms with Crippen LogP contribution in [0.1, 0.15) is 88.6 Å². The lowest BCUT2D eigenvalue weighted by atomic mass is 10.0. The van der Waals surface area contributed by atoms with Crippen LogP contribution in [-0.4, -0.2) is 85.8 Å². The van der Waals surface area contributed by atoms with Gasteiger partial charge in [0.1, 0.15) is 11.3 Å². The summed E-state index contributed by atoms with van der Waals surface area (Å²) in [5.74, 6) is -1.75. The Morgan fingerprint density at radius 2 is 1.67 bits per heavy atom. The first-order valence-corrected chi connectivity index (χ1v) is 17.3. The number of pyridine rings is 2. The van der Waals surface area contributed by atoms with Crippen LogP contribution in [-0.2, 0) is 9.59 Å². The highest BCUT2D eigenvalue weighted by atomic mass is 28.4. The van der Waals surface area contributed by atoms with Crippen LogP contribution in [0.15, 0.2) is 24.4 Å². The number of aldehydes is 1. The summed E-state index contributed by atoms with van der Waals surface area (Å²) < 4.78 is 7.17. The molecule has 1 aliphatic carbocycles. The number of aromatic nitrogens is 2. The molecule has 1 aliphatic rings. The van der Waals surface area contributed by atoms with Gasteiger partial charge in [-0.15, -0.1) is 0 Å². The molecule has 10 nitrogen and oxygen atoms in total. The van der Waals surface area contributed by atoms with E-state index >= 15 is 0 Å². The van der Waals surface area contributed by atoms with Gasteiger partial charge in [-0.05, 0) is 48.9 Å². The Bertz CT molecular complexity index is 1380. The third-order valence-electron chi connectivity index (χ3n) is 8.61. The highest BCUT2D eigenvalue weighted by Crippen LogP contribution is 2.46. The van der Waals surface area contributed by atoms with Crippen molar-refractivity contribution in [1.82, 2.24) is 19.8 Å². The van der Waals surface area contributed by atoms with Gasteiger partial charge >= 0.3 is 11.8 Å². The Hall–Kier alpha value is -3.60. The lowest BCUT2D eigenvalue weighted by molar-refractivity contribution is -0.142. The zero-order chi connectivity index (χ0) is 32.2. The summed E-state index contributed by atoms with van der Waals surface area (Å²) in [4.78, 5) is 66.4. The predicted molar refractivity (Wildman–Crippen MR) is 172 cm³/mol. The molecule has 2 heterocycles. The van der Waals surface area contributed by atoms with Crippen molar-refractivity contribution >= 4 is 49.0 Å². The minimum atomic E-state index is -2.67. The van der Waals surface area contributed by atoms with E-state index in [9.17, 15) is 19.2 Å². The molecule has 2 aromatic rings. The van der Waals surface area contributed by atoms with E-state index in [0.717, 1.165) is 24.2 Å². The van der Waals surface area contributed by atoms with Crippen molar-refractivity contribution in [2.75, 3.05) is 32.6 Å². The minimum absolute atomic E-state index is 0.00208. The molecule has 0 N–H and O–H groups in total. The van der Waals surface area contributed by atoms with Crippen LogP contribution in [0.5, 0.6) is 5.75 Å². The summed E-state index contributed by atoms with van der Waals surface area (Å²) in [6.45, 7) is 15.2. The molecular formula is C32H47N5O5Si. The van der Waals surface area contributed by atoms with E-state index in [0.29, 0.717) is 12.8 Å². The van der Waals surface area contributed by atoms with Crippen LogP contribution in [0, 0.1) is 0 Å². The topological polar surface area (TPSA) is 113 Å². The average Bonchev–Trinajstić information content (AvgIpc) is 2.98. The van der Waals surface area contributed by atoms with Crippen LogP contribution in [0.25, 0.3) is 10.9 Å². The normalized spacial score (nSPS) is 15.2. The molecule has 3 rings (SSSR count). The van der Waals surface area contributed by atoms with Crippen molar-refractivity contribution < 1.29 is 23.6 Å². The third-order valence-corrected chi connectivity index (χ3v) is 14.6. The summed E-state index contributed by atoms with van der Waals surface area (Å²) in [5.41, 5.74) is 1.03. The maximum absolute atomic E-state index is 14.6. The lowest BCUT2D eigenvalue weighted by Crippen LogP contribution is -2.51. The van der Waals surface area contributed by atoms with Crippen molar-refractivity contribution in [2.24, 2.45) is 0 Å². The van der Waals surface area contributed by atoms with E-state index in [1.54, 1.807) is 4.90 Å². The number of nitrogens with zero attached hydrogens (tertiary/aromatic N) is 5. The number of anilines is 1. The number of hydrogen-bond acceptors (Lipinski definition) is 7. The maximum atomic E-state index is 14.6. The van der Waals surface area contributed by atoms with Gasteiger partial charge in [0.05, 0.1) is 11.4 Å². The summed E-state index contributed by atoms with van der Waals surface area (Å²) >= 11 is 0. The van der Waals surface area contributed by atoms with Gasteiger partial charge < -0.3 is 14.2 Å². The monoisotopic (exact) mass is 609 g/mol. The molecule has 0 bridgehead atoms. The largest absolute Gasteiger partial charge is 0.540 e. The quantitative estimate of drug-likeness (QED) is 0.149. The Morgan fingerprint density at radius 3 is 2.16 bits per heavy atom. The summed E-state index contributed by atoms with van der Waals surface area (Å²) in [6, 6.07) is 1.41. The van der Waals surface area contributed by atoms with Gasteiger partial charge in [0.2, 0.25) is 0 Å². The highest BCUT2D eigenvalue weighted by molar-refractivity contribution is 6.78. The second kappa shape index (κ2) is 13.8. The molecule has 11 heteroatoms. The van der Waals surface area contributed by atoms with Gasteiger partial charge in [0.25, 0.3) is 14.2 Å². The van der Waals surface area contributed by atoms with Gasteiger partial charge in [-0.3, -0.25) is 29.1 Å². The predicted octanol–water partition coefficient (Wildman–Crippen LogP) is 5.62. The standard InChI is InChI=1S/C32H47N5O5Si/c1-11-37(24-15-13-12-14-16-24)30(39)27-28(42-43(20(2)3,21(4)5)22(6)7)26-25(23(19-38)17-18-33-26)29(34-27)36(10)32(41)31(40)35(8)9/h13,15,17-22,24H,11-12,14,16H2,1-10H3. The Balaban J connectivity index is 2.47. The molecule has 1 atom stereocenters. The number of rotatable bonds is 10. The minimum Gasteiger partial charge on any atom is -0.540 e. The van der Waals surface area contributed by atoms with Crippen molar-refractivity contribution in [3.63, 3.8) is 0 Å². The molecule has 2 aromatic heterocycles. The fourth-order valence-corrected chi connectivity index (χ4v) is 11.7.